The maximum atomic E-state index is 11.7. The third-order valence-electron chi connectivity index (χ3n) is 2.35. The number of aromatic nitrogens is 2. The van der Waals surface area contributed by atoms with Gasteiger partial charge in [0.15, 0.2) is 0 Å². The molecule has 0 spiro atoms. The molecule has 19 heavy (non-hydrogen) atoms. The SMILES string of the molecule is C\C=C/C(=C\C=C\C=C\C(=O)n1ccnc1C)OC. The molecule has 1 aromatic rings. The van der Waals surface area contributed by atoms with Gasteiger partial charge in [0, 0.05) is 18.5 Å². The number of carbonyl (C=O) groups excluding carboxylic acids is 1. The van der Waals surface area contributed by atoms with Gasteiger partial charge in [0.2, 0.25) is 0 Å². The summed E-state index contributed by atoms with van der Waals surface area (Å²) in [5, 5.41) is 0. The van der Waals surface area contributed by atoms with E-state index < -0.39 is 0 Å². The number of methoxy groups -OCH3 is 1. The summed E-state index contributed by atoms with van der Waals surface area (Å²) < 4.78 is 6.60. The van der Waals surface area contributed by atoms with Crippen molar-refractivity contribution >= 4 is 5.91 Å². The smallest absolute Gasteiger partial charge is 0.256 e. The Labute approximate surface area is 113 Å². The van der Waals surface area contributed by atoms with Crippen LogP contribution in [-0.2, 0) is 4.74 Å². The highest BCUT2D eigenvalue weighted by Gasteiger charge is 2.01. The number of hydrogen-bond acceptors (Lipinski definition) is 3. The van der Waals surface area contributed by atoms with Crippen molar-refractivity contribution < 1.29 is 9.53 Å². The Balaban J connectivity index is 2.59. The van der Waals surface area contributed by atoms with Crippen LogP contribution in [0.1, 0.15) is 17.5 Å². The molecule has 0 saturated heterocycles. The highest BCUT2D eigenvalue weighted by Crippen LogP contribution is 1.98. The van der Waals surface area contributed by atoms with Crippen molar-refractivity contribution in [3.63, 3.8) is 0 Å². The molecule has 0 bridgehead atoms. The van der Waals surface area contributed by atoms with Crippen molar-refractivity contribution in [3.05, 3.63) is 66.5 Å². The molecular formula is C15H18N2O2. The molecule has 0 aliphatic carbocycles. The number of ether oxygens (including phenoxy) is 1. The molecule has 0 amide bonds. The number of hydrogen-bond donors (Lipinski definition) is 0. The van der Waals surface area contributed by atoms with Gasteiger partial charge in [-0.2, -0.15) is 0 Å². The first-order valence-corrected chi connectivity index (χ1v) is 5.95. The molecule has 0 radical (unpaired) electrons. The molecule has 100 valence electrons. The molecule has 1 heterocycles. The van der Waals surface area contributed by atoms with Gasteiger partial charge in [0.1, 0.15) is 11.6 Å². The highest BCUT2D eigenvalue weighted by molar-refractivity contribution is 5.90. The second-order valence-corrected chi connectivity index (χ2v) is 3.70. The molecule has 0 unspecified atom stereocenters. The zero-order chi connectivity index (χ0) is 14.1. The summed E-state index contributed by atoms with van der Waals surface area (Å²) in [4.78, 5) is 15.7. The summed E-state index contributed by atoms with van der Waals surface area (Å²) in [5.74, 6) is 1.31. The van der Waals surface area contributed by atoms with E-state index >= 15 is 0 Å². The summed E-state index contributed by atoms with van der Waals surface area (Å²) >= 11 is 0. The number of rotatable bonds is 5. The van der Waals surface area contributed by atoms with Crippen LogP contribution in [-0.4, -0.2) is 22.6 Å². The number of allylic oxidation sites excluding steroid dienone is 7. The van der Waals surface area contributed by atoms with E-state index in [0.29, 0.717) is 5.82 Å². The van der Waals surface area contributed by atoms with Gasteiger partial charge in [-0.05, 0) is 26.0 Å². The van der Waals surface area contributed by atoms with Crippen LogP contribution < -0.4 is 0 Å². The van der Waals surface area contributed by atoms with Crippen molar-refractivity contribution in [2.24, 2.45) is 0 Å². The van der Waals surface area contributed by atoms with E-state index in [0.717, 1.165) is 5.76 Å². The lowest BCUT2D eigenvalue weighted by Crippen LogP contribution is -2.07. The third-order valence-corrected chi connectivity index (χ3v) is 2.35. The summed E-state index contributed by atoms with van der Waals surface area (Å²) in [5.41, 5.74) is 0. The Morgan fingerprint density at radius 3 is 2.68 bits per heavy atom. The lowest BCUT2D eigenvalue weighted by atomic mass is 10.3. The van der Waals surface area contributed by atoms with E-state index in [-0.39, 0.29) is 5.91 Å². The van der Waals surface area contributed by atoms with Gasteiger partial charge >= 0.3 is 0 Å². The Morgan fingerprint density at radius 1 is 1.32 bits per heavy atom. The van der Waals surface area contributed by atoms with E-state index in [9.17, 15) is 4.79 Å². The minimum Gasteiger partial charge on any atom is -0.497 e. The van der Waals surface area contributed by atoms with Crippen LogP contribution in [0.2, 0.25) is 0 Å². The maximum Gasteiger partial charge on any atom is 0.256 e. The van der Waals surface area contributed by atoms with Crippen LogP contribution in [0.3, 0.4) is 0 Å². The predicted octanol–water partition coefficient (Wildman–Crippen LogP) is 3.05. The topological polar surface area (TPSA) is 44.1 Å². The van der Waals surface area contributed by atoms with Crippen LogP contribution >= 0.6 is 0 Å². The summed E-state index contributed by atoms with van der Waals surface area (Å²) in [7, 11) is 1.61. The minimum absolute atomic E-state index is 0.121. The Hall–Kier alpha value is -2.36. The standard InChI is InChI=1S/C15H18N2O2/c1-4-8-14(19-3)9-6-5-7-10-15(18)17-12-11-16-13(17)2/h4-12H,1-3H3/b6-5+,8-4-,10-7+,14-9+. The molecule has 4 heteroatoms. The number of carbonyl (C=O) groups is 1. The van der Waals surface area contributed by atoms with E-state index in [2.05, 4.69) is 4.98 Å². The van der Waals surface area contributed by atoms with Crippen molar-refractivity contribution in [2.45, 2.75) is 13.8 Å². The van der Waals surface area contributed by atoms with E-state index in [1.54, 1.807) is 38.6 Å². The lowest BCUT2D eigenvalue weighted by molar-refractivity contribution is 0.0966. The maximum absolute atomic E-state index is 11.7. The predicted molar refractivity (Wildman–Crippen MR) is 75.8 cm³/mol. The second kappa shape index (κ2) is 7.87. The van der Waals surface area contributed by atoms with Crippen LogP contribution in [0.15, 0.2) is 60.7 Å². The van der Waals surface area contributed by atoms with Crippen LogP contribution in [0.5, 0.6) is 0 Å². The van der Waals surface area contributed by atoms with Gasteiger partial charge in [-0.1, -0.05) is 24.3 Å². The van der Waals surface area contributed by atoms with Gasteiger partial charge in [-0.3, -0.25) is 9.36 Å². The zero-order valence-corrected chi connectivity index (χ0v) is 11.4. The van der Waals surface area contributed by atoms with E-state index in [1.165, 1.54) is 10.6 Å². The normalized spacial score (nSPS) is 12.9. The average molecular weight is 258 g/mol. The van der Waals surface area contributed by atoms with Gasteiger partial charge in [0.05, 0.1) is 7.11 Å². The Bertz CT molecular complexity index is 534. The fourth-order valence-corrected chi connectivity index (χ4v) is 1.40. The summed E-state index contributed by atoms with van der Waals surface area (Å²) in [6.45, 7) is 3.70. The molecule has 0 atom stereocenters. The van der Waals surface area contributed by atoms with Gasteiger partial charge in [0.25, 0.3) is 5.91 Å². The molecule has 4 nitrogen and oxygen atoms in total. The van der Waals surface area contributed by atoms with Gasteiger partial charge in [-0.25, -0.2) is 4.98 Å². The lowest BCUT2D eigenvalue weighted by Gasteiger charge is -1.97. The number of aryl methyl sites for hydroxylation is 1. The fraction of sp³-hybridized carbons (Fsp3) is 0.200. The fourth-order valence-electron chi connectivity index (χ4n) is 1.40. The van der Waals surface area contributed by atoms with Crippen molar-refractivity contribution in [2.75, 3.05) is 7.11 Å². The first-order valence-electron chi connectivity index (χ1n) is 5.95. The number of nitrogens with zero attached hydrogens (tertiary/aromatic N) is 2. The van der Waals surface area contributed by atoms with Crippen LogP contribution in [0.25, 0.3) is 0 Å². The monoisotopic (exact) mass is 258 g/mol. The van der Waals surface area contributed by atoms with Crippen LogP contribution in [0.4, 0.5) is 0 Å². The van der Waals surface area contributed by atoms with Crippen LogP contribution in [0, 0.1) is 6.92 Å². The molecular weight excluding hydrogens is 240 g/mol. The molecule has 0 N–H and O–H groups in total. The van der Waals surface area contributed by atoms with Gasteiger partial charge < -0.3 is 4.74 Å². The molecule has 1 rings (SSSR count). The molecule has 0 saturated carbocycles. The van der Waals surface area contributed by atoms with Gasteiger partial charge in [-0.15, -0.1) is 0 Å². The first kappa shape index (κ1) is 14.7. The second-order valence-electron chi connectivity index (χ2n) is 3.70. The van der Waals surface area contributed by atoms with Crippen molar-refractivity contribution in [1.82, 2.24) is 9.55 Å². The van der Waals surface area contributed by atoms with Crippen molar-refractivity contribution in [1.29, 1.82) is 0 Å². The largest absolute Gasteiger partial charge is 0.497 e. The summed E-state index contributed by atoms with van der Waals surface area (Å²) in [6, 6.07) is 0. The molecule has 0 aromatic carbocycles. The minimum atomic E-state index is -0.121. The molecule has 1 aromatic heterocycles. The summed E-state index contributed by atoms with van der Waals surface area (Å²) in [6.07, 6.45) is 15.6. The quantitative estimate of drug-likeness (QED) is 0.463. The molecule has 0 aliphatic heterocycles. The molecule has 0 aliphatic rings. The molecule has 0 fully saturated rings. The Kier molecular flexibility index (Phi) is 6.09. The third kappa shape index (κ3) is 4.79. The first-order chi connectivity index (χ1) is 9.19. The highest BCUT2D eigenvalue weighted by atomic mass is 16.5. The van der Waals surface area contributed by atoms with E-state index in [1.807, 2.05) is 31.2 Å². The Morgan fingerprint density at radius 2 is 2.11 bits per heavy atom. The number of imidazole rings is 1. The van der Waals surface area contributed by atoms with E-state index in [4.69, 9.17) is 4.74 Å². The van der Waals surface area contributed by atoms with Crippen molar-refractivity contribution in [3.8, 4) is 0 Å². The zero-order valence-electron chi connectivity index (χ0n) is 11.4. The average Bonchev–Trinajstić information content (AvgIpc) is 2.83.